The Morgan fingerprint density at radius 1 is 1.44 bits per heavy atom. The fourth-order valence-electron chi connectivity index (χ4n) is 1.20. The van der Waals surface area contributed by atoms with E-state index in [4.69, 9.17) is 0 Å². The maximum atomic E-state index is 11.3. The van der Waals surface area contributed by atoms with E-state index in [1.807, 2.05) is 26.0 Å². The van der Waals surface area contributed by atoms with Crippen LogP contribution in [0.15, 0.2) is 24.5 Å². The first kappa shape index (κ1) is 14.6. The van der Waals surface area contributed by atoms with Crippen molar-refractivity contribution in [3.63, 3.8) is 0 Å². The van der Waals surface area contributed by atoms with Gasteiger partial charge >= 0.3 is 0 Å². The van der Waals surface area contributed by atoms with E-state index < -0.39 is 0 Å². The molecule has 0 radical (unpaired) electrons. The summed E-state index contributed by atoms with van der Waals surface area (Å²) in [5.74, 6) is 0.0754. The van der Waals surface area contributed by atoms with E-state index in [1.54, 1.807) is 12.4 Å². The molecule has 0 aromatic carbocycles. The second-order valence-corrected chi connectivity index (χ2v) is 3.25. The van der Waals surface area contributed by atoms with Crippen molar-refractivity contribution in [3.8, 4) is 0 Å². The van der Waals surface area contributed by atoms with Crippen molar-refractivity contribution in [2.45, 2.75) is 46.5 Å². The van der Waals surface area contributed by atoms with Crippen LogP contribution in [-0.2, 0) is 4.79 Å². The highest BCUT2D eigenvalue weighted by Crippen LogP contribution is 2.05. The summed E-state index contributed by atoms with van der Waals surface area (Å²) in [6.07, 6.45) is 7.15. The van der Waals surface area contributed by atoms with Crippen molar-refractivity contribution in [1.29, 1.82) is 0 Å². The minimum absolute atomic E-state index is 0. The van der Waals surface area contributed by atoms with Crippen molar-refractivity contribution in [2.24, 2.45) is 0 Å². The van der Waals surface area contributed by atoms with Crippen LogP contribution in [0.4, 0.5) is 5.69 Å². The number of anilines is 1. The summed E-state index contributed by atoms with van der Waals surface area (Å²) in [6.45, 7) is 6.12. The molecule has 0 saturated heterocycles. The fourth-order valence-corrected chi connectivity index (χ4v) is 1.20. The number of amides is 1. The maximum Gasteiger partial charge on any atom is 0.224 e. The summed E-state index contributed by atoms with van der Waals surface area (Å²) in [4.78, 5) is 15.3. The van der Waals surface area contributed by atoms with E-state index in [-0.39, 0.29) is 7.33 Å². The van der Waals surface area contributed by atoms with Gasteiger partial charge in [0.1, 0.15) is 0 Å². The zero-order valence-electron chi connectivity index (χ0n) is 10.5. The van der Waals surface area contributed by atoms with Crippen LogP contribution in [0, 0.1) is 0 Å². The molecule has 1 rings (SSSR count). The van der Waals surface area contributed by atoms with Crippen LogP contribution in [0.3, 0.4) is 0 Å². The predicted molar refractivity (Wildman–Crippen MR) is 70.5 cm³/mol. The van der Waals surface area contributed by atoms with Gasteiger partial charge < -0.3 is 5.32 Å². The van der Waals surface area contributed by atoms with Gasteiger partial charge in [-0.15, -0.1) is 0 Å². The molecule has 1 amide bonds. The van der Waals surface area contributed by atoms with Gasteiger partial charge in [0.05, 0.1) is 11.9 Å². The maximum absolute atomic E-state index is 11.3. The summed E-state index contributed by atoms with van der Waals surface area (Å²) in [5, 5.41) is 2.80. The average Bonchev–Trinajstić information content (AvgIpc) is 2.33. The molecule has 1 aromatic rings. The first-order valence-electron chi connectivity index (χ1n) is 6.03. The standard InChI is InChI=1S/C11H16N2O.C2H6.H2/c1-2-3-4-7-11(14)13-10-6-5-8-12-9-10;1-2;/h5-6,8-9H,2-4,7H2,1H3,(H,13,14);1-2H3;1H. The van der Waals surface area contributed by atoms with E-state index in [0.717, 1.165) is 24.9 Å². The number of carbonyl (C=O) groups is 1. The number of rotatable bonds is 5. The van der Waals surface area contributed by atoms with E-state index in [9.17, 15) is 4.79 Å². The molecule has 0 aliphatic carbocycles. The molecule has 1 heterocycles. The lowest BCUT2D eigenvalue weighted by molar-refractivity contribution is -0.116. The van der Waals surface area contributed by atoms with E-state index in [2.05, 4.69) is 17.2 Å². The first-order valence-corrected chi connectivity index (χ1v) is 6.03. The van der Waals surface area contributed by atoms with Gasteiger partial charge in [-0.2, -0.15) is 0 Å². The Labute approximate surface area is 99.8 Å². The largest absolute Gasteiger partial charge is 0.325 e. The first-order chi connectivity index (χ1) is 7.83. The van der Waals surface area contributed by atoms with Crippen molar-refractivity contribution < 1.29 is 6.22 Å². The van der Waals surface area contributed by atoms with Crippen LogP contribution >= 0.6 is 0 Å². The third-order valence-corrected chi connectivity index (χ3v) is 1.95. The van der Waals surface area contributed by atoms with Crippen LogP contribution in [0.5, 0.6) is 0 Å². The van der Waals surface area contributed by atoms with Gasteiger partial charge in [-0.3, -0.25) is 9.78 Å². The number of nitrogens with zero attached hydrogens (tertiary/aromatic N) is 1. The highest BCUT2D eigenvalue weighted by molar-refractivity contribution is 5.90. The normalized spacial score (nSPS) is 8.94. The van der Waals surface area contributed by atoms with Gasteiger partial charge in [0.15, 0.2) is 0 Å². The molecule has 0 fully saturated rings. The third kappa shape index (κ3) is 6.98. The number of hydrogen-bond donors (Lipinski definition) is 1. The van der Waals surface area contributed by atoms with Crippen molar-refractivity contribution >= 4 is 11.6 Å². The molecule has 3 nitrogen and oxygen atoms in total. The molecule has 0 unspecified atom stereocenters. The zero-order valence-corrected chi connectivity index (χ0v) is 10.5. The van der Waals surface area contributed by atoms with Crippen LogP contribution in [-0.4, -0.2) is 10.9 Å². The minimum atomic E-state index is 0. The SMILES string of the molecule is CC.CCCCCC(=O)Nc1cccnc1.[HH]. The summed E-state index contributed by atoms with van der Waals surface area (Å²) >= 11 is 0. The fraction of sp³-hybridized carbons (Fsp3) is 0.538. The number of aromatic nitrogens is 1. The molecule has 0 bridgehead atoms. The summed E-state index contributed by atoms with van der Waals surface area (Å²) in [7, 11) is 0. The monoisotopic (exact) mass is 224 g/mol. The Balaban J connectivity index is 0. The third-order valence-electron chi connectivity index (χ3n) is 1.95. The molecule has 0 atom stereocenters. The summed E-state index contributed by atoms with van der Waals surface area (Å²) in [5.41, 5.74) is 0.772. The van der Waals surface area contributed by atoms with Crippen molar-refractivity contribution in [1.82, 2.24) is 4.98 Å². The number of carbonyl (C=O) groups excluding carboxylic acids is 1. The van der Waals surface area contributed by atoms with Gasteiger partial charge in [-0.05, 0) is 18.6 Å². The summed E-state index contributed by atoms with van der Waals surface area (Å²) in [6, 6.07) is 3.65. The van der Waals surface area contributed by atoms with Crippen molar-refractivity contribution in [2.75, 3.05) is 5.32 Å². The smallest absolute Gasteiger partial charge is 0.224 e. The van der Waals surface area contributed by atoms with Gasteiger partial charge in [-0.25, -0.2) is 0 Å². The molecule has 0 aliphatic heterocycles. The van der Waals surface area contributed by atoms with Crippen LogP contribution in [0.2, 0.25) is 0 Å². The number of unbranched alkanes of at least 4 members (excludes halogenated alkanes) is 2. The summed E-state index contributed by atoms with van der Waals surface area (Å²) < 4.78 is 0. The average molecular weight is 224 g/mol. The van der Waals surface area contributed by atoms with Crippen LogP contribution in [0.25, 0.3) is 0 Å². The Hall–Kier alpha value is -1.38. The highest BCUT2D eigenvalue weighted by Gasteiger charge is 2.00. The molecule has 16 heavy (non-hydrogen) atoms. The lowest BCUT2D eigenvalue weighted by atomic mass is 10.2. The Morgan fingerprint density at radius 2 is 2.19 bits per heavy atom. The Morgan fingerprint density at radius 3 is 2.75 bits per heavy atom. The number of nitrogens with one attached hydrogen (secondary N) is 1. The molecule has 0 saturated carbocycles. The molecular weight excluding hydrogens is 200 g/mol. The number of hydrogen-bond acceptors (Lipinski definition) is 2. The predicted octanol–water partition coefficient (Wildman–Crippen LogP) is 3.87. The second-order valence-electron chi connectivity index (χ2n) is 3.25. The zero-order chi connectivity index (χ0) is 12.2. The lowest BCUT2D eigenvalue weighted by Crippen LogP contribution is -2.10. The molecule has 92 valence electrons. The van der Waals surface area contributed by atoms with Gasteiger partial charge in [0, 0.05) is 14.0 Å². The molecule has 1 aromatic heterocycles. The highest BCUT2D eigenvalue weighted by atomic mass is 16.1. The minimum Gasteiger partial charge on any atom is -0.325 e. The molecule has 0 aliphatic rings. The molecular formula is C13H24N2O. The quantitative estimate of drug-likeness (QED) is 0.771. The van der Waals surface area contributed by atoms with E-state index in [1.165, 1.54) is 0 Å². The van der Waals surface area contributed by atoms with E-state index in [0.29, 0.717) is 6.42 Å². The van der Waals surface area contributed by atoms with E-state index >= 15 is 0 Å². The van der Waals surface area contributed by atoms with Gasteiger partial charge in [-0.1, -0.05) is 33.6 Å². The van der Waals surface area contributed by atoms with Crippen LogP contribution < -0.4 is 5.32 Å². The topological polar surface area (TPSA) is 42.0 Å². The van der Waals surface area contributed by atoms with Crippen molar-refractivity contribution in [3.05, 3.63) is 24.5 Å². The second kappa shape index (κ2) is 10.1. The molecule has 3 heteroatoms. The molecule has 1 N–H and O–H groups in total. The Kier molecular flexibility index (Phi) is 9.27. The van der Waals surface area contributed by atoms with Crippen LogP contribution in [0.1, 0.15) is 47.9 Å². The Bertz CT molecular complexity index is 278. The number of pyridine rings is 1. The van der Waals surface area contributed by atoms with Gasteiger partial charge in [0.2, 0.25) is 5.91 Å². The lowest BCUT2D eigenvalue weighted by Gasteiger charge is -2.03. The molecule has 0 spiro atoms. The van der Waals surface area contributed by atoms with Gasteiger partial charge in [0.25, 0.3) is 0 Å².